The summed E-state index contributed by atoms with van der Waals surface area (Å²) in [4.78, 5) is 2.25. The maximum atomic E-state index is 10.4. The van der Waals surface area contributed by atoms with E-state index in [0.717, 1.165) is 19.3 Å². The Morgan fingerprint density at radius 1 is 1.23 bits per heavy atom. The number of hydrogen-bond acceptors (Lipinski definition) is 3. The zero-order valence-electron chi connectivity index (χ0n) is 17.0. The van der Waals surface area contributed by atoms with Crippen LogP contribution in [0.3, 0.4) is 0 Å². The van der Waals surface area contributed by atoms with Gasteiger partial charge in [-0.2, -0.15) is 0 Å². The Morgan fingerprint density at radius 2 is 2.04 bits per heavy atom. The first kappa shape index (κ1) is 21.4. The van der Waals surface area contributed by atoms with Crippen LogP contribution < -0.4 is 0 Å². The standard InChI is InChI=1S/C23H39NO2/c1-4-5-7-11-20(25)12-13-21-22-16-18(15-19(22)17-23(21)26)10-8-6-9-14-24(2)3/h5,7,12-13,15,19-23,25-26H,4,6,8-11,14,16-17H2,1-3H3/t19-,20+,21+,22-,23+/m0/s1. The lowest BCUT2D eigenvalue weighted by Crippen LogP contribution is -2.18. The zero-order chi connectivity index (χ0) is 18.9. The van der Waals surface area contributed by atoms with E-state index in [1.165, 1.54) is 32.2 Å². The summed E-state index contributed by atoms with van der Waals surface area (Å²) in [5, 5.41) is 20.5. The lowest BCUT2D eigenvalue weighted by atomic mass is 9.88. The first-order valence-electron chi connectivity index (χ1n) is 10.5. The molecule has 3 nitrogen and oxygen atoms in total. The van der Waals surface area contributed by atoms with Gasteiger partial charge < -0.3 is 15.1 Å². The molecule has 1 fully saturated rings. The molecule has 148 valence electrons. The number of nitrogens with zero attached hydrogens (tertiary/aromatic N) is 1. The molecule has 0 aliphatic heterocycles. The summed E-state index contributed by atoms with van der Waals surface area (Å²) >= 11 is 0. The molecule has 0 spiro atoms. The topological polar surface area (TPSA) is 43.7 Å². The molecular formula is C23H39NO2. The third-order valence-electron chi connectivity index (χ3n) is 5.89. The van der Waals surface area contributed by atoms with Crippen molar-refractivity contribution in [2.75, 3.05) is 20.6 Å². The van der Waals surface area contributed by atoms with Gasteiger partial charge in [-0.1, -0.05) is 49.3 Å². The van der Waals surface area contributed by atoms with Gasteiger partial charge in [0, 0.05) is 5.92 Å². The van der Waals surface area contributed by atoms with E-state index in [0.29, 0.717) is 18.3 Å². The molecule has 2 N–H and O–H groups in total. The largest absolute Gasteiger partial charge is 0.392 e. The minimum atomic E-state index is -0.436. The highest BCUT2D eigenvalue weighted by atomic mass is 16.3. The number of hydrogen-bond donors (Lipinski definition) is 2. The van der Waals surface area contributed by atoms with E-state index in [1.54, 1.807) is 5.57 Å². The molecule has 0 amide bonds. The van der Waals surface area contributed by atoms with Gasteiger partial charge in [0.25, 0.3) is 0 Å². The van der Waals surface area contributed by atoms with E-state index in [9.17, 15) is 10.2 Å². The number of rotatable bonds is 11. The molecule has 5 atom stereocenters. The van der Waals surface area contributed by atoms with Crippen molar-refractivity contribution in [2.45, 2.75) is 70.5 Å². The fraction of sp³-hybridized carbons (Fsp3) is 0.739. The van der Waals surface area contributed by atoms with Crippen molar-refractivity contribution in [1.82, 2.24) is 4.90 Å². The van der Waals surface area contributed by atoms with Gasteiger partial charge in [0.05, 0.1) is 12.2 Å². The summed E-state index contributed by atoms with van der Waals surface area (Å²) in [6.07, 6.45) is 18.6. The molecule has 0 aromatic carbocycles. The van der Waals surface area contributed by atoms with E-state index in [2.05, 4.69) is 44.1 Å². The van der Waals surface area contributed by atoms with E-state index >= 15 is 0 Å². The Kier molecular flexibility index (Phi) is 9.10. The molecule has 0 aromatic rings. The normalized spacial score (nSPS) is 29.8. The zero-order valence-corrected chi connectivity index (χ0v) is 17.0. The van der Waals surface area contributed by atoms with Crippen LogP contribution in [0.15, 0.2) is 36.0 Å². The highest BCUT2D eigenvalue weighted by molar-refractivity contribution is 5.21. The highest BCUT2D eigenvalue weighted by Crippen LogP contribution is 2.48. The minimum Gasteiger partial charge on any atom is -0.392 e. The number of aliphatic hydroxyl groups excluding tert-OH is 2. The number of allylic oxidation sites excluding steroid dienone is 3. The maximum absolute atomic E-state index is 10.4. The molecule has 2 aliphatic rings. The second-order valence-electron chi connectivity index (χ2n) is 8.42. The molecule has 0 radical (unpaired) electrons. The molecule has 26 heavy (non-hydrogen) atoms. The van der Waals surface area contributed by atoms with Crippen LogP contribution in [0.2, 0.25) is 0 Å². The summed E-state index contributed by atoms with van der Waals surface area (Å²) in [7, 11) is 4.27. The van der Waals surface area contributed by atoms with Gasteiger partial charge in [-0.3, -0.25) is 0 Å². The van der Waals surface area contributed by atoms with Crippen LogP contribution in [0.25, 0.3) is 0 Å². The quantitative estimate of drug-likeness (QED) is 0.425. The maximum Gasteiger partial charge on any atom is 0.0755 e. The van der Waals surface area contributed by atoms with Crippen molar-refractivity contribution in [2.24, 2.45) is 17.8 Å². The van der Waals surface area contributed by atoms with Crippen LogP contribution in [-0.4, -0.2) is 48.0 Å². The summed E-state index contributed by atoms with van der Waals surface area (Å²) in [5.74, 6) is 1.28. The van der Waals surface area contributed by atoms with Crippen LogP contribution >= 0.6 is 0 Å². The van der Waals surface area contributed by atoms with Crippen molar-refractivity contribution in [3.63, 3.8) is 0 Å². The van der Waals surface area contributed by atoms with E-state index in [1.807, 2.05) is 12.2 Å². The van der Waals surface area contributed by atoms with Crippen molar-refractivity contribution in [3.05, 3.63) is 36.0 Å². The number of unbranched alkanes of at least 4 members (excludes halogenated alkanes) is 2. The van der Waals surface area contributed by atoms with Crippen LogP contribution in [0.4, 0.5) is 0 Å². The molecule has 0 heterocycles. The molecule has 2 aliphatic carbocycles. The van der Waals surface area contributed by atoms with Gasteiger partial charge in [-0.15, -0.1) is 0 Å². The van der Waals surface area contributed by atoms with Gasteiger partial charge in [0.2, 0.25) is 0 Å². The average Bonchev–Trinajstić information content (AvgIpc) is 3.09. The highest BCUT2D eigenvalue weighted by Gasteiger charge is 2.43. The molecule has 2 rings (SSSR count). The number of aliphatic hydroxyl groups is 2. The SMILES string of the molecule is CCC=CC[C@@H](O)C=C[C@@H]1[C@H]2CC(CCCCCN(C)C)=C[C@H]2C[C@H]1O. The molecular weight excluding hydrogens is 322 g/mol. The summed E-state index contributed by atoms with van der Waals surface area (Å²) in [5.41, 5.74) is 1.60. The predicted octanol–water partition coefficient (Wildman–Crippen LogP) is 4.33. The summed E-state index contributed by atoms with van der Waals surface area (Å²) in [6.45, 7) is 3.28. The van der Waals surface area contributed by atoms with Crippen LogP contribution in [0, 0.1) is 17.8 Å². The van der Waals surface area contributed by atoms with Gasteiger partial charge in [-0.05, 0) is 77.4 Å². The molecule has 0 saturated heterocycles. The van der Waals surface area contributed by atoms with Crippen LogP contribution in [-0.2, 0) is 0 Å². The van der Waals surface area contributed by atoms with Crippen LogP contribution in [0.5, 0.6) is 0 Å². The van der Waals surface area contributed by atoms with Gasteiger partial charge in [0.15, 0.2) is 0 Å². The Hall–Kier alpha value is -0.900. The summed E-state index contributed by atoms with van der Waals surface area (Å²) < 4.78 is 0. The lowest BCUT2D eigenvalue weighted by Gasteiger charge is -2.18. The smallest absolute Gasteiger partial charge is 0.0755 e. The first-order valence-corrected chi connectivity index (χ1v) is 10.5. The van der Waals surface area contributed by atoms with Gasteiger partial charge in [-0.25, -0.2) is 0 Å². The predicted molar refractivity (Wildman–Crippen MR) is 110 cm³/mol. The molecule has 3 heteroatoms. The summed E-state index contributed by atoms with van der Waals surface area (Å²) in [6, 6.07) is 0. The van der Waals surface area contributed by atoms with Crippen molar-refractivity contribution in [1.29, 1.82) is 0 Å². The average molecular weight is 362 g/mol. The second kappa shape index (κ2) is 11.1. The third kappa shape index (κ3) is 6.68. The van der Waals surface area contributed by atoms with E-state index in [4.69, 9.17) is 0 Å². The van der Waals surface area contributed by atoms with Crippen molar-refractivity contribution >= 4 is 0 Å². The Balaban J connectivity index is 1.76. The van der Waals surface area contributed by atoms with Crippen molar-refractivity contribution in [3.8, 4) is 0 Å². The Labute approximate surface area is 160 Å². The molecule has 0 aromatic heterocycles. The Morgan fingerprint density at radius 3 is 2.77 bits per heavy atom. The van der Waals surface area contributed by atoms with Crippen LogP contribution in [0.1, 0.15) is 58.3 Å². The Bertz CT molecular complexity index is 494. The lowest BCUT2D eigenvalue weighted by molar-refractivity contribution is 0.140. The minimum absolute atomic E-state index is 0.201. The van der Waals surface area contributed by atoms with Gasteiger partial charge in [0.1, 0.15) is 0 Å². The van der Waals surface area contributed by atoms with E-state index in [-0.39, 0.29) is 12.0 Å². The molecule has 0 bridgehead atoms. The second-order valence-corrected chi connectivity index (χ2v) is 8.42. The monoisotopic (exact) mass is 361 g/mol. The molecule has 0 unspecified atom stereocenters. The first-order chi connectivity index (χ1) is 12.5. The fourth-order valence-electron chi connectivity index (χ4n) is 4.48. The fourth-order valence-corrected chi connectivity index (χ4v) is 4.48. The third-order valence-corrected chi connectivity index (χ3v) is 5.89. The van der Waals surface area contributed by atoms with Gasteiger partial charge >= 0.3 is 0 Å². The van der Waals surface area contributed by atoms with Crippen molar-refractivity contribution < 1.29 is 10.2 Å². The number of fused-ring (bicyclic) bond motifs is 1. The van der Waals surface area contributed by atoms with E-state index < -0.39 is 6.10 Å². The molecule has 1 saturated carbocycles.